The van der Waals surface area contributed by atoms with Crippen LogP contribution >= 0.6 is 0 Å². The van der Waals surface area contributed by atoms with E-state index in [4.69, 9.17) is 0 Å². The number of hydrogen-bond donors (Lipinski definition) is 1. The van der Waals surface area contributed by atoms with Gasteiger partial charge in [0.1, 0.15) is 18.2 Å². The Morgan fingerprint density at radius 3 is 2.55 bits per heavy atom. The van der Waals surface area contributed by atoms with Gasteiger partial charge in [0.2, 0.25) is 0 Å². The van der Waals surface area contributed by atoms with Gasteiger partial charge in [-0.1, -0.05) is 24.3 Å². The molecule has 10 heteroatoms. The molecule has 4 rings (SSSR count). The summed E-state index contributed by atoms with van der Waals surface area (Å²) >= 11 is 0. The molecule has 0 bridgehead atoms. The van der Waals surface area contributed by atoms with Gasteiger partial charge in [-0.05, 0) is 49.2 Å². The van der Waals surface area contributed by atoms with Crippen LogP contribution in [0.2, 0.25) is 0 Å². The van der Waals surface area contributed by atoms with Gasteiger partial charge in [0, 0.05) is 5.56 Å². The number of nitrogens with zero attached hydrogens (tertiary/aromatic N) is 5. The number of amides is 1. The lowest BCUT2D eigenvalue weighted by Crippen LogP contribution is -2.13. The molecule has 2 aromatic heterocycles. The molecular formula is C23H21FN6O3. The zero-order valence-electron chi connectivity index (χ0n) is 18.0. The molecule has 9 nitrogen and oxygen atoms in total. The molecule has 0 atom stereocenters. The number of nitrogens with one attached hydrogen (secondary N) is 1. The number of carbonyl (C=O) groups is 1. The Morgan fingerprint density at radius 2 is 1.88 bits per heavy atom. The first-order chi connectivity index (χ1) is 15.8. The smallest absolute Gasteiger partial charge is 0.307 e. The number of rotatable bonds is 7. The number of nitro groups is 1. The van der Waals surface area contributed by atoms with Gasteiger partial charge in [-0.15, -0.1) is 0 Å². The van der Waals surface area contributed by atoms with Crippen LogP contribution in [0.4, 0.5) is 15.8 Å². The summed E-state index contributed by atoms with van der Waals surface area (Å²) in [5, 5.41) is 22.1. The Balaban J connectivity index is 1.44. The quantitative estimate of drug-likeness (QED) is 0.338. The van der Waals surface area contributed by atoms with E-state index in [2.05, 4.69) is 15.5 Å². The van der Waals surface area contributed by atoms with Crippen molar-refractivity contribution in [3.8, 4) is 0 Å². The molecular weight excluding hydrogens is 427 g/mol. The van der Waals surface area contributed by atoms with Crippen molar-refractivity contribution in [3.05, 3.63) is 105 Å². The van der Waals surface area contributed by atoms with Crippen LogP contribution in [-0.4, -0.2) is 30.4 Å². The van der Waals surface area contributed by atoms with Gasteiger partial charge in [0.15, 0.2) is 0 Å². The highest BCUT2D eigenvalue weighted by Crippen LogP contribution is 2.22. The summed E-state index contributed by atoms with van der Waals surface area (Å²) in [7, 11) is 0. The molecule has 0 aliphatic heterocycles. The van der Waals surface area contributed by atoms with E-state index in [1.165, 1.54) is 29.2 Å². The fourth-order valence-electron chi connectivity index (χ4n) is 3.51. The van der Waals surface area contributed by atoms with Crippen molar-refractivity contribution in [2.24, 2.45) is 0 Å². The summed E-state index contributed by atoms with van der Waals surface area (Å²) in [4.78, 5) is 23.1. The zero-order chi connectivity index (χ0) is 23.5. The predicted molar refractivity (Wildman–Crippen MR) is 120 cm³/mol. The minimum Gasteiger partial charge on any atom is -0.319 e. The molecule has 0 radical (unpaired) electrons. The maximum atomic E-state index is 13.5. The summed E-state index contributed by atoms with van der Waals surface area (Å²) in [5.41, 5.74) is 4.05. The van der Waals surface area contributed by atoms with Gasteiger partial charge in [0.05, 0.1) is 35.1 Å². The molecule has 2 heterocycles. The molecule has 0 aliphatic carbocycles. The number of benzene rings is 2. The highest BCUT2D eigenvalue weighted by molar-refractivity contribution is 6.04. The first kappa shape index (κ1) is 21.9. The van der Waals surface area contributed by atoms with E-state index in [0.717, 1.165) is 16.8 Å². The number of anilines is 1. The Labute approximate surface area is 188 Å². The van der Waals surface area contributed by atoms with Gasteiger partial charge >= 0.3 is 5.69 Å². The standard InChI is InChI=1S/C23H21FN6O3/c1-15-22(16(2)29(27-15)13-18-4-3-5-20(24)10-18)26-23(31)19-8-6-17(7-9-19)12-28-14-21(11-25-28)30(32)33/h3-11,14H,12-13H2,1-2H3,(H,26,31). The van der Waals surface area contributed by atoms with E-state index in [1.54, 1.807) is 41.9 Å². The van der Waals surface area contributed by atoms with E-state index in [-0.39, 0.29) is 17.4 Å². The Morgan fingerprint density at radius 1 is 1.12 bits per heavy atom. The van der Waals surface area contributed by atoms with Gasteiger partial charge in [-0.3, -0.25) is 24.3 Å². The second kappa shape index (κ2) is 9.03. The summed E-state index contributed by atoms with van der Waals surface area (Å²) in [6.45, 7) is 4.39. The van der Waals surface area contributed by atoms with Crippen molar-refractivity contribution in [2.75, 3.05) is 5.32 Å². The van der Waals surface area contributed by atoms with Crippen molar-refractivity contribution in [2.45, 2.75) is 26.9 Å². The monoisotopic (exact) mass is 448 g/mol. The van der Waals surface area contributed by atoms with Crippen LogP contribution in [0.25, 0.3) is 0 Å². The number of aromatic nitrogens is 4. The molecule has 2 aromatic carbocycles. The largest absolute Gasteiger partial charge is 0.319 e. The second-order valence-electron chi connectivity index (χ2n) is 7.64. The highest BCUT2D eigenvalue weighted by atomic mass is 19.1. The van der Waals surface area contributed by atoms with Crippen molar-refractivity contribution in [1.82, 2.24) is 19.6 Å². The predicted octanol–water partition coefficient (Wildman–Crippen LogP) is 4.09. The summed E-state index contributed by atoms with van der Waals surface area (Å²) in [6, 6.07) is 13.2. The third-order valence-corrected chi connectivity index (χ3v) is 5.23. The van der Waals surface area contributed by atoms with Crippen LogP contribution in [0.3, 0.4) is 0 Å². The average molecular weight is 448 g/mol. The fraction of sp³-hybridized carbons (Fsp3) is 0.174. The SMILES string of the molecule is Cc1nn(Cc2cccc(F)c2)c(C)c1NC(=O)c1ccc(Cn2cc([N+](=O)[O-])cn2)cc1. The van der Waals surface area contributed by atoms with Crippen LogP contribution in [0, 0.1) is 29.8 Å². The van der Waals surface area contributed by atoms with E-state index < -0.39 is 4.92 Å². The molecule has 0 saturated carbocycles. The summed E-state index contributed by atoms with van der Waals surface area (Å²) < 4.78 is 16.7. The molecule has 0 aliphatic rings. The first-order valence-corrected chi connectivity index (χ1v) is 10.2. The number of carbonyl (C=O) groups excluding carboxylic acids is 1. The molecule has 0 saturated heterocycles. The lowest BCUT2D eigenvalue weighted by molar-refractivity contribution is -0.385. The van der Waals surface area contributed by atoms with Crippen molar-refractivity contribution >= 4 is 17.3 Å². The van der Waals surface area contributed by atoms with Crippen LogP contribution in [0.1, 0.15) is 32.9 Å². The highest BCUT2D eigenvalue weighted by Gasteiger charge is 2.16. The molecule has 168 valence electrons. The number of halogens is 1. The molecule has 0 spiro atoms. The van der Waals surface area contributed by atoms with Crippen LogP contribution in [0.5, 0.6) is 0 Å². The van der Waals surface area contributed by atoms with Crippen LogP contribution < -0.4 is 5.32 Å². The van der Waals surface area contributed by atoms with E-state index >= 15 is 0 Å². The molecule has 1 amide bonds. The van der Waals surface area contributed by atoms with Crippen molar-refractivity contribution < 1.29 is 14.1 Å². The third kappa shape index (κ3) is 4.95. The average Bonchev–Trinajstić information content (AvgIpc) is 3.35. The first-order valence-electron chi connectivity index (χ1n) is 10.2. The molecule has 0 unspecified atom stereocenters. The number of hydrogen-bond acceptors (Lipinski definition) is 5. The van der Waals surface area contributed by atoms with Crippen molar-refractivity contribution in [3.63, 3.8) is 0 Å². The lowest BCUT2D eigenvalue weighted by Gasteiger charge is -2.08. The second-order valence-corrected chi connectivity index (χ2v) is 7.64. The molecule has 1 N–H and O–H groups in total. The van der Waals surface area contributed by atoms with Gasteiger partial charge in [-0.2, -0.15) is 10.2 Å². The van der Waals surface area contributed by atoms with E-state index in [1.807, 2.05) is 13.0 Å². The lowest BCUT2D eigenvalue weighted by atomic mass is 10.1. The number of aryl methyl sites for hydroxylation is 1. The maximum Gasteiger partial charge on any atom is 0.307 e. The van der Waals surface area contributed by atoms with E-state index in [0.29, 0.717) is 30.0 Å². The minimum absolute atomic E-state index is 0.0744. The Hall–Kier alpha value is -4.34. The fourth-order valence-corrected chi connectivity index (χ4v) is 3.51. The molecule has 33 heavy (non-hydrogen) atoms. The topological polar surface area (TPSA) is 108 Å². The summed E-state index contributed by atoms with van der Waals surface area (Å²) in [6.07, 6.45) is 2.55. The Kier molecular flexibility index (Phi) is 5.99. The van der Waals surface area contributed by atoms with Crippen molar-refractivity contribution in [1.29, 1.82) is 0 Å². The van der Waals surface area contributed by atoms with Crippen LogP contribution in [-0.2, 0) is 13.1 Å². The molecule has 4 aromatic rings. The van der Waals surface area contributed by atoms with Gasteiger partial charge in [-0.25, -0.2) is 4.39 Å². The van der Waals surface area contributed by atoms with Crippen LogP contribution in [0.15, 0.2) is 60.9 Å². The summed E-state index contributed by atoms with van der Waals surface area (Å²) in [5.74, 6) is -0.593. The Bertz CT molecular complexity index is 1330. The van der Waals surface area contributed by atoms with Gasteiger partial charge < -0.3 is 5.32 Å². The molecule has 0 fully saturated rings. The third-order valence-electron chi connectivity index (χ3n) is 5.23. The maximum absolute atomic E-state index is 13.5. The van der Waals surface area contributed by atoms with E-state index in [9.17, 15) is 19.3 Å². The minimum atomic E-state index is -0.499. The zero-order valence-corrected chi connectivity index (χ0v) is 18.0. The normalized spacial score (nSPS) is 10.9. The van der Waals surface area contributed by atoms with Gasteiger partial charge in [0.25, 0.3) is 5.91 Å².